The van der Waals surface area contributed by atoms with Gasteiger partial charge in [0.15, 0.2) is 0 Å². The van der Waals surface area contributed by atoms with Crippen LogP contribution in [-0.4, -0.2) is 71.2 Å². The van der Waals surface area contributed by atoms with Crippen molar-refractivity contribution >= 4 is 23.9 Å². The van der Waals surface area contributed by atoms with E-state index in [-0.39, 0.29) is 56.0 Å². The van der Waals surface area contributed by atoms with E-state index >= 15 is 0 Å². The van der Waals surface area contributed by atoms with Gasteiger partial charge in [-0.1, -0.05) is 51.1 Å². The van der Waals surface area contributed by atoms with Crippen LogP contribution in [0.3, 0.4) is 0 Å². The third kappa shape index (κ3) is 5.89. The van der Waals surface area contributed by atoms with Crippen LogP contribution in [0.5, 0.6) is 0 Å². The highest BCUT2D eigenvalue weighted by atomic mass is 16.7. The Bertz CT molecular complexity index is 1010. The molecule has 0 spiro atoms. The molecule has 1 saturated carbocycles. The monoisotopic (exact) mass is 515 g/mol. The van der Waals surface area contributed by atoms with E-state index in [0.29, 0.717) is 0 Å². The number of alkyl carbamates (subject to hydrolysis) is 1. The summed E-state index contributed by atoms with van der Waals surface area (Å²) in [5.74, 6) is -1.04. The van der Waals surface area contributed by atoms with Crippen LogP contribution in [0.2, 0.25) is 0 Å². The summed E-state index contributed by atoms with van der Waals surface area (Å²) in [5.41, 5.74) is 0.202. The molecular weight excluding hydrogens is 478 g/mol. The van der Waals surface area contributed by atoms with Crippen LogP contribution in [0.15, 0.2) is 30.3 Å². The first-order valence-electron chi connectivity index (χ1n) is 13.0. The lowest BCUT2D eigenvalue weighted by Crippen LogP contribution is -2.62. The number of cyclic esters (lactones) is 1. The molecule has 4 rings (SSSR count). The SMILES string of the molecule is CCON(C(=O)[C@@H]1[C@H]2CC[C@H](C2)N1C(=O)[C@@H](NC(=O)OCc1ccccc1)C(C)(C)C)[C@@H]1COC(=O)C1. The highest BCUT2D eigenvalue weighted by molar-refractivity contribution is 5.93. The number of hydrogen-bond acceptors (Lipinski definition) is 7. The van der Waals surface area contributed by atoms with Crippen molar-refractivity contribution < 1.29 is 33.5 Å². The molecule has 2 aliphatic heterocycles. The molecule has 1 aliphatic carbocycles. The number of ether oxygens (including phenoxy) is 2. The van der Waals surface area contributed by atoms with Crippen LogP contribution in [-0.2, 0) is 35.3 Å². The third-order valence-corrected chi connectivity index (χ3v) is 7.34. The number of fused-ring (bicyclic) bond motifs is 2. The maximum absolute atomic E-state index is 14.0. The number of hydroxylamine groups is 2. The molecule has 3 amide bonds. The Morgan fingerprint density at radius 1 is 1.19 bits per heavy atom. The molecule has 0 radical (unpaired) electrons. The average molecular weight is 516 g/mol. The molecule has 3 aliphatic rings. The zero-order valence-electron chi connectivity index (χ0n) is 22.0. The number of nitrogens with one attached hydrogen (secondary N) is 1. The molecule has 10 nitrogen and oxygen atoms in total. The van der Waals surface area contributed by atoms with Crippen molar-refractivity contribution in [1.82, 2.24) is 15.3 Å². The van der Waals surface area contributed by atoms with Crippen LogP contribution in [0.1, 0.15) is 58.9 Å². The summed E-state index contributed by atoms with van der Waals surface area (Å²) in [5, 5.41) is 4.01. The third-order valence-electron chi connectivity index (χ3n) is 7.34. The summed E-state index contributed by atoms with van der Waals surface area (Å²) in [6.07, 6.45) is 1.71. The molecule has 37 heavy (non-hydrogen) atoms. The normalized spacial score (nSPS) is 25.5. The molecule has 2 saturated heterocycles. The number of carbonyl (C=O) groups is 4. The van der Waals surface area contributed by atoms with Crippen LogP contribution >= 0.6 is 0 Å². The summed E-state index contributed by atoms with van der Waals surface area (Å²) in [6, 6.07) is 7.05. The van der Waals surface area contributed by atoms with Crippen molar-refractivity contribution in [2.75, 3.05) is 13.2 Å². The zero-order chi connectivity index (χ0) is 26.7. The predicted molar refractivity (Wildman–Crippen MR) is 133 cm³/mol. The van der Waals surface area contributed by atoms with E-state index in [0.717, 1.165) is 24.8 Å². The number of hydrogen-bond donors (Lipinski definition) is 1. The molecule has 1 aromatic rings. The van der Waals surface area contributed by atoms with Crippen LogP contribution in [0, 0.1) is 11.3 Å². The standard InChI is InChI=1S/C27H37N3O7/c1-5-37-30(20-14-21(31)35-16-20)24(32)22-18-11-12-19(13-18)29(22)25(33)23(27(2,3)4)28-26(34)36-15-17-9-7-6-8-10-17/h6-10,18-20,22-23H,5,11-16H2,1-4H3,(H,28,34)/t18-,19+,20-,22-,23+/m0/s1. The lowest BCUT2D eigenvalue weighted by Gasteiger charge is -2.41. The van der Waals surface area contributed by atoms with Gasteiger partial charge in [0.25, 0.3) is 5.91 Å². The van der Waals surface area contributed by atoms with E-state index in [1.54, 1.807) is 11.8 Å². The summed E-state index contributed by atoms with van der Waals surface area (Å²) >= 11 is 0. The van der Waals surface area contributed by atoms with E-state index in [1.165, 1.54) is 5.06 Å². The number of nitrogens with zero attached hydrogens (tertiary/aromatic N) is 2. The molecule has 10 heteroatoms. The lowest BCUT2D eigenvalue weighted by molar-refractivity contribution is -0.205. The topological polar surface area (TPSA) is 114 Å². The summed E-state index contributed by atoms with van der Waals surface area (Å²) in [4.78, 5) is 59.6. The smallest absolute Gasteiger partial charge is 0.408 e. The first kappa shape index (κ1) is 26.9. The second kappa shape index (κ2) is 11.1. The quantitative estimate of drug-likeness (QED) is 0.418. The molecule has 1 N–H and O–H groups in total. The number of rotatable bonds is 8. The van der Waals surface area contributed by atoms with Crippen molar-refractivity contribution in [3.8, 4) is 0 Å². The molecule has 1 aromatic carbocycles. The number of esters is 1. The number of benzene rings is 1. The van der Waals surface area contributed by atoms with Gasteiger partial charge in [-0.25, -0.2) is 9.86 Å². The van der Waals surface area contributed by atoms with E-state index in [4.69, 9.17) is 14.3 Å². The summed E-state index contributed by atoms with van der Waals surface area (Å²) in [7, 11) is 0. The van der Waals surface area contributed by atoms with Crippen LogP contribution in [0.25, 0.3) is 0 Å². The minimum Gasteiger partial charge on any atom is -0.463 e. The number of carbonyl (C=O) groups excluding carboxylic acids is 4. The first-order chi connectivity index (χ1) is 17.6. The van der Waals surface area contributed by atoms with Crippen molar-refractivity contribution in [3.05, 3.63) is 35.9 Å². The number of piperidine rings is 1. The molecule has 5 atom stereocenters. The Kier molecular flexibility index (Phi) is 8.06. The summed E-state index contributed by atoms with van der Waals surface area (Å²) < 4.78 is 10.5. The van der Waals surface area contributed by atoms with E-state index in [9.17, 15) is 19.2 Å². The largest absolute Gasteiger partial charge is 0.463 e. The average Bonchev–Trinajstić information content (AvgIpc) is 3.60. The van der Waals surface area contributed by atoms with Gasteiger partial charge in [0.1, 0.15) is 31.3 Å². The van der Waals surface area contributed by atoms with Gasteiger partial charge in [0.05, 0.1) is 13.0 Å². The van der Waals surface area contributed by atoms with Crippen molar-refractivity contribution in [1.29, 1.82) is 0 Å². The molecule has 2 bridgehead atoms. The molecule has 0 aromatic heterocycles. The van der Waals surface area contributed by atoms with Gasteiger partial charge in [-0.2, -0.15) is 0 Å². The maximum Gasteiger partial charge on any atom is 0.408 e. The van der Waals surface area contributed by atoms with Crippen LogP contribution < -0.4 is 5.32 Å². The zero-order valence-corrected chi connectivity index (χ0v) is 22.0. The predicted octanol–water partition coefficient (Wildman–Crippen LogP) is 2.80. The Labute approximate surface area is 217 Å². The molecular formula is C27H37N3O7. The molecule has 0 unspecified atom stereocenters. The van der Waals surface area contributed by atoms with Gasteiger partial charge >= 0.3 is 12.1 Å². The second-order valence-electron chi connectivity index (χ2n) is 11.0. The molecule has 202 valence electrons. The lowest BCUT2D eigenvalue weighted by atomic mass is 9.85. The van der Waals surface area contributed by atoms with E-state index < -0.39 is 29.6 Å². The van der Waals surface area contributed by atoms with Crippen molar-refractivity contribution in [3.63, 3.8) is 0 Å². The minimum atomic E-state index is -0.901. The number of amides is 3. The fourth-order valence-corrected chi connectivity index (χ4v) is 5.57. The number of likely N-dealkylation sites (tertiary alicyclic amines) is 1. The second-order valence-corrected chi connectivity index (χ2v) is 11.0. The Morgan fingerprint density at radius 2 is 1.92 bits per heavy atom. The highest BCUT2D eigenvalue weighted by Crippen LogP contribution is 2.44. The Morgan fingerprint density at radius 3 is 2.54 bits per heavy atom. The van der Waals surface area contributed by atoms with Crippen LogP contribution in [0.4, 0.5) is 4.79 Å². The van der Waals surface area contributed by atoms with Gasteiger partial charge < -0.3 is 19.7 Å². The van der Waals surface area contributed by atoms with Crippen molar-refractivity contribution in [2.45, 2.75) is 84.2 Å². The Balaban J connectivity index is 1.51. The highest BCUT2D eigenvalue weighted by Gasteiger charge is 2.55. The molecule has 2 heterocycles. The fraction of sp³-hybridized carbons (Fsp3) is 0.630. The minimum absolute atomic E-state index is 0.00641. The fourth-order valence-electron chi connectivity index (χ4n) is 5.57. The van der Waals surface area contributed by atoms with Gasteiger partial charge in [-0.15, -0.1) is 0 Å². The van der Waals surface area contributed by atoms with Gasteiger partial charge in [0.2, 0.25) is 5.91 Å². The maximum atomic E-state index is 14.0. The van der Waals surface area contributed by atoms with Gasteiger partial charge in [0, 0.05) is 6.04 Å². The van der Waals surface area contributed by atoms with Gasteiger partial charge in [-0.05, 0) is 43.1 Å². The van der Waals surface area contributed by atoms with Crippen molar-refractivity contribution in [2.24, 2.45) is 11.3 Å². The molecule has 3 fully saturated rings. The summed E-state index contributed by atoms with van der Waals surface area (Å²) in [6.45, 7) is 7.76. The Hall–Kier alpha value is -3.14. The van der Waals surface area contributed by atoms with Gasteiger partial charge in [-0.3, -0.25) is 19.2 Å². The van der Waals surface area contributed by atoms with E-state index in [1.807, 2.05) is 51.1 Å². The first-order valence-corrected chi connectivity index (χ1v) is 13.0. The van der Waals surface area contributed by atoms with E-state index in [2.05, 4.69) is 5.32 Å².